The maximum Gasteiger partial charge on any atom is 0.0366 e. The largest absolute Gasteiger partial charge is 0.375 e. The molecule has 0 amide bonds. The molecule has 1 rings (SSSR count). The zero-order chi connectivity index (χ0) is 14.6. The summed E-state index contributed by atoms with van der Waals surface area (Å²) in [5.41, 5.74) is 8.19. The molecule has 0 saturated carbocycles. The molecule has 0 aliphatic rings. The van der Waals surface area contributed by atoms with Crippen molar-refractivity contribution in [3.63, 3.8) is 0 Å². The minimum atomic E-state index is 0.624. The Labute approximate surface area is 125 Å². The molecular weight excluding hydrogens is 244 g/mol. The first-order valence-corrected chi connectivity index (χ1v) is 8.28. The van der Waals surface area contributed by atoms with E-state index < -0.39 is 0 Å². The molecule has 0 heterocycles. The highest BCUT2D eigenvalue weighted by molar-refractivity contribution is 5.47. The molecule has 1 aromatic rings. The predicted molar refractivity (Wildman–Crippen MR) is 90.2 cm³/mol. The molecule has 2 N–H and O–H groups in total. The number of hydrogen-bond donors (Lipinski definition) is 1. The third kappa shape index (κ3) is 6.95. The maximum absolute atomic E-state index is 5.69. The highest BCUT2D eigenvalue weighted by atomic mass is 15.1. The van der Waals surface area contributed by atoms with Crippen LogP contribution in [-0.2, 0) is 6.54 Å². The number of anilines is 1. The quantitative estimate of drug-likeness (QED) is 0.592. The fourth-order valence-corrected chi connectivity index (χ4v) is 2.53. The van der Waals surface area contributed by atoms with Gasteiger partial charge in [0.1, 0.15) is 0 Å². The summed E-state index contributed by atoms with van der Waals surface area (Å²) in [7, 11) is 2.18. The van der Waals surface area contributed by atoms with Gasteiger partial charge in [0.05, 0.1) is 0 Å². The number of nitrogens with two attached hydrogens (primary N) is 1. The lowest BCUT2D eigenvalue weighted by atomic mass is 10.1. The van der Waals surface area contributed by atoms with E-state index in [4.69, 9.17) is 5.73 Å². The summed E-state index contributed by atoms with van der Waals surface area (Å²) < 4.78 is 0. The van der Waals surface area contributed by atoms with Crippen molar-refractivity contribution in [2.45, 2.75) is 64.8 Å². The van der Waals surface area contributed by atoms with Crippen LogP contribution in [0.5, 0.6) is 0 Å². The molecule has 0 fully saturated rings. The van der Waals surface area contributed by atoms with Gasteiger partial charge in [-0.05, 0) is 24.1 Å². The molecule has 0 aliphatic carbocycles. The fourth-order valence-electron chi connectivity index (χ4n) is 2.53. The summed E-state index contributed by atoms with van der Waals surface area (Å²) >= 11 is 0. The summed E-state index contributed by atoms with van der Waals surface area (Å²) in [6, 6.07) is 8.56. The summed E-state index contributed by atoms with van der Waals surface area (Å²) in [6.45, 7) is 4.04. The highest BCUT2D eigenvalue weighted by Crippen LogP contribution is 2.16. The van der Waals surface area contributed by atoms with E-state index in [1.165, 1.54) is 62.6 Å². The molecule has 0 unspecified atom stereocenters. The Kier molecular flexibility index (Phi) is 9.14. The van der Waals surface area contributed by atoms with Gasteiger partial charge in [-0.15, -0.1) is 0 Å². The van der Waals surface area contributed by atoms with Crippen LogP contribution in [0, 0.1) is 0 Å². The van der Waals surface area contributed by atoms with Crippen LogP contribution in [-0.4, -0.2) is 13.6 Å². The van der Waals surface area contributed by atoms with E-state index in [0.717, 1.165) is 6.54 Å². The van der Waals surface area contributed by atoms with Crippen LogP contribution in [0.2, 0.25) is 0 Å². The van der Waals surface area contributed by atoms with Gasteiger partial charge >= 0.3 is 0 Å². The van der Waals surface area contributed by atoms with Crippen LogP contribution >= 0.6 is 0 Å². The summed E-state index contributed by atoms with van der Waals surface area (Å²) in [5, 5.41) is 0. The van der Waals surface area contributed by atoms with Gasteiger partial charge in [-0.25, -0.2) is 0 Å². The lowest BCUT2D eigenvalue weighted by Gasteiger charge is -2.19. The standard InChI is InChI=1S/C18H32N2/c1-3-4-5-6-7-8-9-10-14-20(2)18-13-11-12-17(15-18)16-19/h11-13,15H,3-10,14,16,19H2,1-2H3. The van der Waals surface area contributed by atoms with Gasteiger partial charge in [0.25, 0.3) is 0 Å². The molecule has 0 spiro atoms. The molecule has 20 heavy (non-hydrogen) atoms. The summed E-state index contributed by atoms with van der Waals surface area (Å²) in [6.07, 6.45) is 11.0. The molecule has 0 aliphatic heterocycles. The third-order valence-corrected chi connectivity index (χ3v) is 3.93. The van der Waals surface area contributed by atoms with E-state index in [0.29, 0.717) is 6.54 Å². The topological polar surface area (TPSA) is 29.3 Å². The minimum Gasteiger partial charge on any atom is -0.375 e. The van der Waals surface area contributed by atoms with Crippen molar-refractivity contribution in [1.82, 2.24) is 0 Å². The molecule has 0 atom stereocenters. The molecule has 2 nitrogen and oxygen atoms in total. The first kappa shape index (κ1) is 17.0. The zero-order valence-electron chi connectivity index (χ0n) is 13.4. The number of hydrogen-bond acceptors (Lipinski definition) is 2. The molecule has 114 valence electrons. The van der Waals surface area contributed by atoms with Crippen LogP contribution in [0.15, 0.2) is 24.3 Å². The van der Waals surface area contributed by atoms with Crippen molar-refractivity contribution >= 4 is 5.69 Å². The van der Waals surface area contributed by atoms with Gasteiger partial charge in [0, 0.05) is 25.8 Å². The van der Waals surface area contributed by atoms with Crippen molar-refractivity contribution in [2.24, 2.45) is 5.73 Å². The van der Waals surface area contributed by atoms with E-state index in [2.05, 4.69) is 43.1 Å². The Bertz CT molecular complexity index is 349. The van der Waals surface area contributed by atoms with Crippen LogP contribution < -0.4 is 10.6 Å². The SMILES string of the molecule is CCCCCCCCCCN(C)c1cccc(CN)c1. The monoisotopic (exact) mass is 276 g/mol. The Hall–Kier alpha value is -1.02. The van der Waals surface area contributed by atoms with Crippen molar-refractivity contribution in [2.75, 3.05) is 18.5 Å². The molecule has 0 saturated heterocycles. The average Bonchev–Trinajstić information content (AvgIpc) is 2.49. The lowest BCUT2D eigenvalue weighted by molar-refractivity contribution is 0.575. The third-order valence-electron chi connectivity index (χ3n) is 3.93. The summed E-state index contributed by atoms with van der Waals surface area (Å²) in [5.74, 6) is 0. The molecule has 1 aromatic carbocycles. The zero-order valence-corrected chi connectivity index (χ0v) is 13.4. The Balaban J connectivity index is 2.12. The summed E-state index contributed by atoms with van der Waals surface area (Å²) in [4.78, 5) is 2.34. The van der Waals surface area contributed by atoms with Gasteiger partial charge in [0.2, 0.25) is 0 Å². The molecular formula is C18H32N2. The second-order valence-corrected chi connectivity index (χ2v) is 5.77. The normalized spacial score (nSPS) is 10.8. The first-order chi connectivity index (χ1) is 9.77. The van der Waals surface area contributed by atoms with Crippen molar-refractivity contribution in [1.29, 1.82) is 0 Å². The van der Waals surface area contributed by atoms with Gasteiger partial charge in [-0.1, -0.05) is 64.0 Å². The average molecular weight is 276 g/mol. The van der Waals surface area contributed by atoms with Crippen molar-refractivity contribution < 1.29 is 0 Å². The molecule has 0 aromatic heterocycles. The van der Waals surface area contributed by atoms with E-state index in [-0.39, 0.29) is 0 Å². The van der Waals surface area contributed by atoms with Crippen LogP contribution in [0.4, 0.5) is 5.69 Å². The van der Waals surface area contributed by atoms with Gasteiger partial charge < -0.3 is 10.6 Å². The highest BCUT2D eigenvalue weighted by Gasteiger charge is 2.01. The van der Waals surface area contributed by atoms with E-state index >= 15 is 0 Å². The van der Waals surface area contributed by atoms with E-state index in [9.17, 15) is 0 Å². The number of unbranched alkanes of at least 4 members (excludes halogenated alkanes) is 7. The maximum atomic E-state index is 5.69. The van der Waals surface area contributed by atoms with E-state index in [1.807, 2.05) is 0 Å². The smallest absolute Gasteiger partial charge is 0.0366 e. The Morgan fingerprint density at radius 1 is 0.950 bits per heavy atom. The molecule has 0 radical (unpaired) electrons. The van der Waals surface area contributed by atoms with Crippen LogP contribution in [0.1, 0.15) is 63.9 Å². The lowest BCUT2D eigenvalue weighted by Crippen LogP contribution is -2.18. The van der Waals surface area contributed by atoms with E-state index in [1.54, 1.807) is 0 Å². The minimum absolute atomic E-state index is 0.624. The Morgan fingerprint density at radius 2 is 1.60 bits per heavy atom. The predicted octanol–water partition coefficient (Wildman–Crippen LogP) is 4.72. The number of benzene rings is 1. The van der Waals surface area contributed by atoms with Gasteiger partial charge in [-0.2, -0.15) is 0 Å². The van der Waals surface area contributed by atoms with Gasteiger partial charge in [0.15, 0.2) is 0 Å². The van der Waals surface area contributed by atoms with Gasteiger partial charge in [-0.3, -0.25) is 0 Å². The van der Waals surface area contributed by atoms with Crippen molar-refractivity contribution in [3.05, 3.63) is 29.8 Å². The second kappa shape index (κ2) is 10.7. The Morgan fingerprint density at radius 3 is 2.25 bits per heavy atom. The number of rotatable bonds is 11. The molecule has 0 bridgehead atoms. The van der Waals surface area contributed by atoms with Crippen molar-refractivity contribution in [3.8, 4) is 0 Å². The number of nitrogens with zero attached hydrogens (tertiary/aromatic N) is 1. The van der Waals surface area contributed by atoms with Crippen LogP contribution in [0.25, 0.3) is 0 Å². The second-order valence-electron chi connectivity index (χ2n) is 5.77. The first-order valence-electron chi connectivity index (χ1n) is 8.28. The fraction of sp³-hybridized carbons (Fsp3) is 0.667. The molecule has 2 heteroatoms. The van der Waals surface area contributed by atoms with Crippen LogP contribution in [0.3, 0.4) is 0 Å².